The van der Waals surface area contributed by atoms with Crippen molar-refractivity contribution in [3.05, 3.63) is 206 Å². The standard InChI is InChI=1S/C52H32N4O/c1-53-44-24-11-21-40(32-44)38-19-8-18-37(29-38)39-20-10-23-42(31-39)51-54-50(41-22-9-17-36(30-41)34-13-4-2-5-14-34)55-52(56-51)43-27-28-46-48(33-43)57-47-26-12-25-45(49(46)47)35-15-6-3-7-16-35/h2-33H. The Bertz CT molecular complexity index is 3140. The Labute approximate surface area is 330 Å². The Morgan fingerprint density at radius 3 is 1.40 bits per heavy atom. The van der Waals surface area contributed by atoms with Crippen LogP contribution in [-0.2, 0) is 0 Å². The van der Waals surface area contributed by atoms with Crippen molar-refractivity contribution in [2.45, 2.75) is 0 Å². The van der Waals surface area contributed by atoms with Crippen molar-refractivity contribution in [2.24, 2.45) is 0 Å². The molecule has 5 heteroatoms. The first-order chi connectivity index (χ1) is 28.2. The fraction of sp³-hybridized carbons (Fsp3) is 0. The summed E-state index contributed by atoms with van der Waals surface area (Å²) in [6.07, 6.45) is 0. The van der Waals surface area contributed by atoms with Crippen LogP contribution in [0.1, 0.15) is 0 Å². The molecule has 0 N–H and O–H groups in total. The van der Waals surface area contributed by atoms with Crippen LogP contribution in [0.25, 0.3) is 105 Å². The lowest BCUT2D eigenvalue weighted by atomic mass is 9.97. The molecule has 8 aromatic carbocycles. The van der Waals surface area contributed by atoms with Crippen LogP contribution in [0.4, 0.5) is 5.69 Å². The van der Waals surface area contributed by atoms with Gasteiger partial charge in [0.2, 0.25) is 0 Å². The maximum Gasteiger partial charge on any atom is 0.187 e. The molecule has 57 heavy (non-hydrogen) atoms. The van der Waals surface area contributed by atoms with Gasteiger partial charge in [0.1, 0.15) is 11.2 Å². The van der Waals surface area contributed by atoms with E-state index in [-0.39, 0.29) is 0 Å². The van der Waals surface area contributed by atoms with Gasteiger partial charge in [0.25, 0.3) is 0 Å². The second-order valence-corrected chi connectivity index (χ2v) is 13.9. The van der Waals surface area contributed by atoms with Crippen LogP contribution in [0.2, 0.25) is 0 Å². The van der Waals surface area contributed by atoms with Gasteiger partial charge in [-0.25, -0.2) is 19.8 Å². The molecular formula is C52H32N4O. The normalized spacial score (nSPS) is 11.1. The molecule has 0 radical (unpaired) electrons. The smallest absolute Gasteiger partial charge is 0.187 e. The van der Waals surface area contributed by atoms with Gasteiger partial charge in [0, 0.05) is 27.5 Å². The molecule has 2 heterocycles. The zero-order chi connectivity index (χ0) is 38.1. The molecule has 10 aromatic rings. The molecular weight excluding hydrogens is 697 g/mol. The number of aromatic nitrogens is 3. The summed E-state index contributed by atoms with van der Waals surface area (Å²) < 4.78 is 6.50. The third kappa shape index (κ3) is 6.52. The van der Waals surface area contributed by atoms with Gasteiger partial charge in [-0.05, 0) is 87.0 Å². The highest BCUT2D eigenvalue weighted by Gasteiger charge is 2.17. The van der Waals surface area contributed by atoms with Crippen LogP contribution < -0.4 is 0 Å². The number of furan rings is 1. The number of nitrogens with zero attached hydrogens (tertiary/aromatic N) is 4. The first kappa shape index (κ1) is 33.6. The third-order valence-corrected chi connectivity index (χ3v) is 10.3. The monoisotopic (exact) mass is 728 g/mol. The minimum absolute atomic E-state index is 0.554. The minimum atomic E-state index is 0.554. The molecule has 2 aromatic heterocycles. The summed E-state index contributed by atoms with van der Waals surface area (Å²) in [5, 5.41) is 2.12. The Morgan fingerprint density at radius 2 is 0.807 bits per heavy atom. The topological polar surface area (TPSA) is 56.2 Å². The molecule has 10 rings (SSSR count). The lowest BCUT2D eigenvalue weighted by molar-refractivity contribution is 0.669. The van der Waals surface area contributed by atoms with Crippen molar-refractivity contribution in [1.29, 1.82) is 0 Å². The quantitative estimate of drug-likeness (QED) is 0.153. The van der Waals surface area contributed by atoms with E-state index in [4.69, 9.17) is 25.9 Å². The molecule has 266 valence electrons. The van der Waals surface area contributed by atoms with E-state index >= 15 is 0 Å². The van der Waals surface area contributed by atoms with Gasteiger partial charge in [-0.2, -0.15) is 0 Å². The summed E-state index contributed by atoms with van der Waals surface area (Å²) in [6.45, 7) is 7.47. The van der Waals surface area contributed by atoms with E-state index < -0.39 is 0 Å². The fourth-order valence-electron chi connectivity index (χ4n) is 7.53. The Kier molecular flexibility index (Phi) is 8.48. The maximum absolute atomic E-state index is 7.47. The first-order valence-electron chi connectivity index (χ1n) is 18.8. The van der Waals surface area contributed by atoms with Crippen LogP contribution in [-0.4, -0.2) is 15.0 Å². The molecule has 0 bridgehead atoms. The van der Waals surface area contributed by atoms with Gasteiger partial charge < -0.3 is 4.42 Å². The SMILES string of the molecule is [C-]#[N+]c1cccc(-c2cccc(-c3cccc(-c4nc(-c5cccc(-c6ccccc6)c5)nc(-c5ccc6c(c5)oc5cccc(-c7ccccc7)c56)n4)c3)c2)c1. The van der Waals surface area contributed by atoms with Gasteiger partial charge in [-0.1, -0.05) is 152 Å². The number of hydrogen-bond donors (Lipinski definition) is 0. The molecule has 0 saturated carbocycles. The highest BCUT2D eigenvalue weighted by atomic mass is 16.3. The van der Waals surface area contributed by atoms with Crippen molar-refractivity contribution in [3.63, 3.8) is 0 Å². The summed E-state index contributed by atoms with van der Waals surface area (Å²) >= 11 is 0. The van der Waals surface area contributed by atoms with Crippen molar-refractivity contribution < 1.29 is 4.42 Å². The zero-order valence-electron chi connectivity index (χ0n) is 30.7. The van der Waals surface area contributed by atoms with Crippen LogP contribution >= 0.6 is 0 Å². The molecule has 0 aliphatic heterocycles. The lowest BCUT2D eigenvalue weighted by Crippen LogP contribution is -2.00. The van der Waals surface area contributed by atoms with Gasteiger partial charge >= 0.3 is 0 Å². The predicted molar refractivity (Wildman–Crippen MR) is 231 cm³/mol. The zero-order valence-corrected chi connectivity index (χ0v) is 30.7. The Hall–Kier alpha value is -7.94. The highest BCUT2D eigenvalue weighted by molar-refractivity contribution is 6.13. The van der Waals surface area contributed by atoms with E-state index in [1.807, 2.05) is 91.0 Å². The average Bonchev–Trinajstić information content (AvgIpc) is 3.68. The van der Waals surface area contributed by atoms with Gasteiger partial charge in [0.05, 0.1) is 6.57 Å². The molecule has 5 nitrogen and oxygen atoms in total. The van der Waals surface area contributed by atoms with Crippen molar-refractivity contribution >= 4 is 27.6 Å². The number of rotatable bonds is 7. The molecule has 0 atom stereocenters. The summed E-state index contributed by atoms with van der Waals surface area (Å²) in [4.78, 5) is 19.0. The van der Waals surface area contributed by atoms with Crippen molar-refractivity contribution in [2.75, 3.05) is 0 Å². The average molecular weight is 729 g/mol. The van der Waals surface area contributed by atoms with Crippen molar-refractivity contribution in [3.8, 4) is 78.7 Å². The van der Waals surface area contributed by atoms with E-state index in [2.05, 4.69) is 108 Å². The van der Waals surface area contributed by atoms with Crippen LogP contribution in [0.5, 0.6) is 0 Å². The minimum Gasteiger partial charge on any atom is -0.456 e. The Balaban J connectivity index is 1.10. The molecule has 0 fully saturated rings. The molecule has 0 saturated heterocycles. The predicted octanol–water partition coefficient (Wildman–Crippen LogP) is 14.0. The van der Waals surface area contributed by atoms with Crippen LogP contribution in [0.3, 0.4) is 0 Å². The number of fused-ring (bicyclic) bond motifs is 3. The second-order valence-electron chi connectivity index (χ2n) is 13.9. The lowest BCUT2D eigenvalue weighted by Gasteiger charge is -2.11. The molecule has 0 aliphatic rings. The van der Waals surface area contributed by atoms with Gasteiger partial charge in [0.15, 0.2) is 23.2 Å². The summed E-state index contributed by atoms with van der Waals surface area (Å²) in [6, 6.07) is 66.0. The molecule has 0 aliphatic carbocycles. The number of benzene rings is 8. The highest BCUT2D eigenvalue weighted by Crippen LogP contribution is 2.39. The van der Waals surface area contributed by atoms with E-state index in [9.17, 15) is 0 Å². The molecule has 0 amide bonds. The number of hydrogen-bond acceptors (Lipinski definition) is 4. The van der Waals surface area contributed by atoms with Gasteiger partial charge in [-0.15, -0.1) is 0 Å². The van der Waals surface area contributed by atoms with Gasteiger partial charge in [-0.3, -0.25) is 0 Å². The van der Waals surface area contributed by atoms with Crippen LogP contribution in [0.15, 0.2) is 199 Å². The van der Waals surface area contributed by atoms with E-state index in [1.165, 1.54) is 0 Å². The van der Waals surface area contributed by atoms with E-state index in [0.29, 0.717) is 23.2 Å². The third-order valence-electron chi connectivity index (χ3n) is 10.3. The first-order valence-corrected chi connectivity index (χ1v) is 18.8. The largest absolute Gasteiger partial charge is 0.456 e. The summed E-state index contributed by atoms with van der Waals surface area (Å²) in [5.41, 5.74) is 13.4. The summed E-state index contributed by atoms with van der Waals surface area (Å²) in [5.74, 6) is 1.70. The van der Waals surface area contributed by atoms with E-state index in [1.54, 1.807) is 0 Å². The molecule has 0 unspecified atom stereocenters. The maximum atomic E-state index is 7.47. The molecule has 0 spiro atoms. The van der Waals surface area contributed by atoms with Crippen molar-refractivity contribution in [1.82, 2.24) is 15.0 Å². The van der Waals surface area contributed by atoms with Crippen LogP contribution in [0, 0.1) is 6.57 Å². The van der Waals surface area contributed by atoms with E-state index in [0.717, 1.165) is 83.1 Å². The summed E-state index contributed by atoms with van der Waals surface area (Å²) in [7, 11) is 0. The second kappa shape index (κ2) is 14.4. The fourth-order valence-corrected chi connectivity index (χ4v) is 7.53. The Morgan fingerprint density at radius 1 is 0.351 bits per heavy atom.